The van der Waals surface area contributed by atoms with Crippen molar-refractivity contribution in [3.05, 3.63) is 47.2 Å². The van der Waals surface area contributed by atoms with Crippen molar-refractivity contribution >= 4 is 17.8 Å². The van der Waals surface area contributed by atoms with E-state index in [-0.39, 0.29) is 5.56 Å². The first-order valence-electron chi connectivity index (χ1n) is 7.06. The second-order valence-corrected chi connectivity index (χ2v) is 5.11. The zero-order valence-electron chi connectivity index (χ0n) is 13.4. The van der Waals surface area contributed by atoms with E-state index in [1.54, 1.807) is 20.0 Å². The number of hydrogen-bond acceptors (Lipinski definition) is 3. The van der Waals surface area contributed by atoms with Gasteiger partial charge in [0.25, 0.3) is 0 Å². The first kappa shape index (κ1) is 17.4. The van der Waals surface area contributed by atoms with Crippen molar-refractivity contribution in [2.45, 2.75) is 13.0 Å². The third-order valence-electron chi connectivity index (χ3n) is 3.30. The molecule has 0 spiro atoms. The molecule has 3 N–H and O–H groups in total. The van der Waals surface area contributed by atoms with Crippen LogP contribution >= 0.6 is 0 Å². The van der Waals surface area contributed by atoms with Crippen LogP contribution in [0.15, 0.2) is 24.3 Å². The lowest BCUT2D eigenvalue weighted by atomic mass is 10.1. The lowest BCUT2D eigenvalue weighted by Gasteiger charge is -2.18. The fourth-order valence-electron chi connectivity index (χ4n) is 2.15. The van der Waals surface area contributed by atoms with Gasteiger partial charge in [0.05, 0.1) is 5.69 Å². The van der Waals surface area contributed by atoms with Gasteiger partial charge in [-0.15, -0.1) is 0 Å². The van der Waals surface area contributed by atoms with E-state index in [0.717, 1.165) is 12.1 Å². The second kappa shape index (κ2) is 7.07. The van der Waals surface area contributed by atoms with Crippen molar-refractivity contribution in [1.82, 2.24) is 20.4 Å². The van der Waals surface area contributed by atoms with Crippen molar-refractivity contribution in [1.29, 1.82) is 0 Å². The Labute approximate surface area is 137 Å². The number of nitrogens with zero attached hydrogens (tertiary/aromatic N) is 2. The Morgan fingerprint density at radius 2 is 1.92 bits per heavy atom. The number of benzene rings is 1. The van der Waals surface area contributed by atoms with Crippen LogP contribution in [0.2, 0.25) is 0 Å². The predicted octanol–water partition coefficient (Wildman–Crippen LogP) is 1.62. The minimum atomic E-state index is -1.18. The average Bonchev–Trinajstić information content (AvgIpc) is 2.84. The first-order valence-corrected chi connectivity index (χ1v) is 7.06. The SMILES string of the molecule is CNC(=O)[C@H](NC(=O)Nc1cc(C)nn1C)c1ccc(F)c(F)c1. The quantitative estimate of drug-likeness (QED) is 0.792. The molecule has 0 bridgehead atoms. The van der Waals surface area contributed by atoms with Gasteiger partial charge in [-0.2, -0.15) is 5.10 Å². The smallest absolute Gasteiger partial charge is 0.321 e. The maximum atomic E-state index is 13.4. The largest absolute Gasteiger partial charge is 0.357 e. The number of carbonyl (C=O) groups is 2. The minimum Gasteiger partial charge on any atom is -0.357 e. The van der Waals surface area contributed by atoms with Crippen molar-refractivity contribution in [3.8, 4) is 0 Å². The lowest BCUT2D eigenvalue weighted by Crippen LogP contribution is -2.41. The standard InChI is InChI=1S/C15H17F2N5O2/c1-8-6-12(22(3)21-8)19-15(24)20-13(14(23)18-2)9-4-5-10(16)11(17)7-9/h4-7,13H,1-3H3,(H,18,23)(H2,19,20,24)/t13-/m1/s1. The molecule has 0 fully saturated rings. The minimum absolute atomic E-state index is 0.115. The third kappa shape index (κ3) is 3.86. The number of aromatic nitrogens is 2. The summed E-state index contributed by atoms with van der Waals surface area (Å²) in [5.41, 5.74) is 0.820. The van der Waals surface area contributed by atoms with Crippen LogP contribution in [0, 0.1) is 18.6 Å². The molecule has 0 aliphatic carbocycles. The van der Waals surface area contributed by atoms with Crippen LogP contribution in [0.1, 0.15) is 17.3 Å². The number of urea groups is 1. The third-order valence-corrected chi connectivity index (χ3v) is 3.30. The molecule has 9 heteroatoms. The molecular formula is C15H17F2N5O2. The molecule has 3 amide bonds. The van der Waals surface area contributed by atoms with Crippen LogP contribution in [0.4, 0.5) is 19.4 Å². The van der Waals surface area contributed by atoms with Gasteiger partial charge in [0.2, 0.25) is 5.91 Å². The first-order chi connectivity index (χ1) is 11.3. The zero-order valence-corrected chi connectivity index (χ0v) is 13.4. The van der Waals surface area contributed by atoms with E-state index in [9.17, 15) is 18.4 Å². The Morgan fingerprint density at radius 3 is 2.46 bits per heavy atom. The molecule has 7 nitrogen and oxygen atoms in total. The number of rotatable bonds is 4. The Morgan fingerprint density at radius 1 is 1.21 bits per heavy atom. The van der Waals surface area contributed by atoms with Crippen molar-refractivity contribution in [2.24, 2.45) is 7.05 Å². The summed E-state index contributed by atoms with van der Waals surface area (Å²) in [7, 11) is 3.02. The van der Waals surface area contributed by atoms with Crippen LogP contribution in [-0.2, 0) is 11.8 Å². The summed E-state index contributed by atoms with van der Waals surface area (Å²) < 4.78 is 27.9. The van der Waals surface area contributed by atoms with Crippen molar-refractivity contribution < 1.29 is 18.4 Å². The second-order valence-electron chi connectivity index (χ2n) is 5.11. The summed E-state index contributed by atoms with van der Waals surface area (Å²) in [4.78, 5) is 24.1. The number of likely N-dealkylation sites (N-methyl/N-ethyl adjacent to an activating group) is 1. The molecule has 0 aliphatic heterocycles. The molecule has 0 saturated carbocycles. The fourth-order valence-corrected chi connectivity index (χ4v) is 2.15. The molecule has 128 valence electrons. The topological polar surface area (TPSA) is 88.1 Å². The molecule has 1 aromatic heterocycles. The number of nitrogens with one attached hydrogen (secondary N) is 3. The predicted molar refractivity (Wildman–Crippen MR) is 83.3 cm³/mol. The summed E-state index contributed by atoms with van der Waals surface area (Å²) in [6.07, 6.45) is 0. The van der Waals surface area contributed by atoms with E-state index in [0.29, 0.717) is 11.5 Å². The Kier molecular flexibility index (Phi) is 5.12. The molecular weight excluding hydrogens is 320 g/mol. The number of halogens is 2. The monoisotopic (exact) mass is 337 g/mol. The van der Waals surface area contributed by atoms with Crippen LogP contribution in [0.5, 0.6) is 0 Å². The van der Waals surface area contributed by atoms with Gasteiger partial charge in [0.15, 0.2) is 11.6 Å². The Bertz CT molecular complexity index is 775. The van der Waals surface area contributed by atoms with E-state index in [2.05, 4.69) is 21.0 Å². The number of anilines is 1. The molecule has 0 saturated heterocycles. The van der Waals surface area contributed by atoms with E-state index in [1.165, 1.54) is 17.8 Å². The van der Waals surface area contributed by atoms with E-state index >= 15 is 0 Å². The zero-order chi connectivity index (χ0) is 17.9. The van der Waals surface area contributed by atoms with Crippen LogP contribution in [-0.4, -0.2) is 28.8 Å². The fraction of sp³-hybridized carbons (Fsp3) is 0.267. The van der Waals surface area contributed by atoms with Crippen LogP contribution in [0.3, 0.4) is 0 Å². The number of hydrogen-bond donors (Lipinski definition) is 3. The molecule has 1 aromatic carbocycles. The molecule has 0 unspecified atom stereocenters. The van der Waals surface area contributed by atoms with Crippen LogP contribution in [0.25, 0.3) is 0 Å². The number of amides is 3. The number of aryl methyl sites for hydroxylation is 2. The maximum Gasteiger partial charge on any atom is 0.321 e. The molecule has 2 rings (SSSR count). The summed E-state index contributed by atoms with van der Waals surface area (Å²) >= 11 is 0. The molecule has 1 heterocycles. The molecule has 0 radical (unpaired) electrons. The van der Waals surface area contributed by atoms with Gasteiger partial charge in [-0.25, -0.2) is 13.6 Å². The van der Waals surface area contributed by atoms with Gasteiger partial charge in [0, 0.05) is 20.2 Å². The number of carbonyl (C=O) groups excluding carboxylic acids is 2. The average molecular weight is 337 g/mol. The van der Waals surface area contributed by atoms with Gasteiger partial charge >= 0.3 is 6.03 Å². The van der Waals surface area contributed by atoms with E-state index in [1.807, 2.05) is 0 Å². The highest BCUT2D eigenvalue weighted by Crippen LogP contribution is 2.17. The summed E-state index contributed by atoms with van der Waals surface area (Å²) in [6.45, 7) is 1.76. The van der Waals surface area contributed by atoms with Gasteiger partial charge < -0.3 is 10.6 Å². The molecule has 2 aromatic rings. The molecule has 24 heavy (non-hydrogen) atoms. The van der Waals surface area contributed by atoms with Gasteiger partial charge in [-0.3, -0.25) is 14.8 Å². The molecule has 0 aliphatic rings. The van der Waals surface area contributed by atoms with Crippen molar-refractivity contribution in [3.63, 3.8) is 0 Å². The van der Waals surface area contributed by atoms with Crippen molar-refractivity contribution in [2.75, 3.05) is 12.4 Å². The van der Waals surface area contributed by atoms with E-state index in [4.69, 9.17) is 0 Å². The normalized spacial score (nSPS) is 11.7. The highest BCUT2D eigenvalue weighted by Gasteiger charge is 2.23. The molecule has 1 atom stereocenters. The van der Waals surface area contributed by atoms with Gasteiger partial charge in [-0.1, -0.05) is 6.07 Å². The van der Waals surface area contributed by atoms with E-state index < -0.39 is 29.6 Å². The maximum absolute atomic E-state index is 13.4. The summed E-state index contributed by atoms with van der Waals surface area (Å²) in [5, 5.41) is 11.4. The summed E-state index contributed by atoms with van der Waals surface area (Å²) in [5.74, 6) is -2.29. The Hall–Kier alpha value is -2.97. The van der Waals surface area contributed by atoms with Gasteiger partial charge in [-0.05, 0) is 24.6 Å². The summed E-state index contributed by atoms with van der Waals surface area (Å²) in [6, 6.07) is 2.77. The highest BCUT2D eigenvalue weighted by atomic mass is 19.2. The Balaban J connectivity index is 2.19. The highest BCUT2D eigenvalue weighted by molar-refractivity contribution is 5.93. The van der Waals surface area contributed by atoms with Crippen LogP contribution < -0.4 is 16.0 Å². The lowest BCUT2D eigenvalue weighted by molar-refractivity contribution is -0.122. The van der Waals surface area contributed by atoms with Gasteiger partial charge in [0.1, 0.15) is 11.9 Å².